The van der Waals surface area contributed by atoms with Gasteiger partial charge in [-0.15, -0.1) is 0 Å². The molecule has 0 spiro atoms. The second-order valence-corrected chi connectivity index (χ2v) is 6.50. The Labute approximate surface area is 143 Å². The summed E-state index contributed by atoms with van der Waals surface area (Å²) in [7, 11) is 0. The van der Waals surface area contributed by atoms with Crippen LogP contribution in [0.3, 0.4) is 0 Å². The summed E-state index contributed by atoms with van der Waals surface area (Å²) in [5, 5.41) is 0. The molecule has 4 nitrogen and oxygen atoms in total. The van der Waals surface area contributed by atoms with E-state index in [9.17, 15) is 9.18 Å². The fourth-order valence-corrected chi connectivity index (χ4v) is 3.24. The van der Waals surface area contributed by atoms with Crippen LogP contribution in [-0.2, 0) is 0 Å². The van der Waals surface area contributed by atoms with E-state index in [1.165, 1.54) is 12.1 Å². The summed E-state index contributed by atoms with van der Waals surface area (Å²) in [6.45, 7) is 4.67. The Hall–Kier alpha value is -1.95. The number of aromatic nitrogens is 1. The molecule has 0 aliphatic carbocycles. The van der Waals surface area contributed by atoms with Crippen LogP contribution in [-0.4, -0.2) is 42.0 Å². The number of carbonyl (C=O) groups is 1. The van der Waals surface area contributed by atoms with Gasteiger partial charge in [0.15, 0.2) is 0 Å². The number of anilines is 1. The Bertz CT molecular complexity index is 730. The number of hydrogen-bond acceptors (Lipinski definition) is 3. The number of rotatable bonds is 2. The van der Waals surface area contributed by atoms with Gasteiger partial charge < -0.3 is 9.80 Å². The Morgan fingerprint density at radius 1 is 1.22 bits per heavy atom. The van der Waals surface area contributed by atoms with Crippen LogP contribution in [0.15, 0.2) is 41.0 Å². The summed E-state index contributed by atoms with van der Waals surface area (Å²) in [5.41, 5.74) is 1.50. The lowest BCUT2D eigenvalue weighted by Gasteiger charge is -2.36. The molecule has 2 heterocycles. The maximum atomic E-state index is 13.3. The van der Waals surface area contributed by atoms with Crippen molar-refractivity contribution in [3.05, 3.63) is 57.9 Å². The number of carbonyl (C=O) groups excluding carboxylic acids is 1. The predicted molar refractivity (Wildman–Crippen MR) is 91.2 cm³/mol. The maximum absolute atomic E-state index is 13.3. The summed E-state index contributed by atoms with van der Waals surface area (Å²) in [4.78, 5) is 20.8. The molecule has 6 heteroatoms. The first-order valence-corrected chi connectivity index (χ1v) is 8.26. The second kappa shape index (κ2) is 6.66. The van der Waals surface area contributed by atoms with E-state index in [0.717, 1.165) is 28.9 Å². The number of nitrogens with zero attached hydrogens (tertiary/aromatic N) is 3. The zero-order valence-corrected chi connectivity index (χ0v) is 14.4. The molecule has 0 radical (unpaired) electrons. The van der Waals surface area contributed by atoms with E-state index in [4.69, 9.17) is 0 Å². The lowest BCUT2D eigenvalue weighted by atomic mass is 10.1. The van der Waals surface area contributed by atoms with Crippen LogP contribution < -0.4 is 4.90 Å². The molecular weight excluding hydrogens is 361 g/mol. The zero-order valence-electron chi connectivity index (χ0n) is 12.8. The van der Waals surface area contributed by atoms with E-state index < -0.39 is 0 Å². The maximum Gasteiger partial charge on any atom is 0.254 e. The SMILES string of the molecule is Cc1cc(Br)cnc1N1CCN(C(=O)c2cccc(F)c2)CC1. The predicted octanol–water partition coefficient (Wildman–Crippen LogP) is 3.25. The smallest absolute Gasteiger partial charge is 0.254 e. The van der Waals surface area contributed by atoms with Gasteiger partial charge in [0.05, 0.1) is 0 Å². The highest BCUT2D eigenvalue weighted by Crippen LogP contribution is 2.22. The number of hydrogen-bond donors (Lipinski definition) is 0. The molecule has 23 heavy (non-hydrogen) atoms. The monoisotopic (exact) mass is 377 g/mol. The fraction of sp³-hybridized carbons (Fsp3) is 0.294. The van der Waals surface area contributed by atoms with Gasteiger partial charge in [0.25, 0.3) is 5.91 Å². The molecule has 1 aliphatic rings. The van der Waals surface area contributed by atoms with E-state index in [1.807, 2.05) is 13.0 Å². The Balaban J connectivity index is 1.67. The third-order valence-electron chi connectivity index (χ3n) is 3.96. The number of pyridine rings is 1. The van der Waals surface area contributed by atoms with Gasteiger partial charge in [-0.25, -0.2) is 9.37 Å². The summed E-state index contributed by atoms with van der Waals surface area (Å²) >= 11 is 3.42. The molecule has 1 amide bonds. The zero-order chi connectivity index (χ0) is 16.4. The quantitative estimate of drug-likeness (QED) is 0.805. The van der Waals surface area contributed by atoms with Crippen LogP contribution in [0.25, 0.3) is 0 Å². The minimum Gasteiger partial charge on any atom is -0.353 e. The lowest BCUT2D eigenvalue weighted by molar-refractivity contribution is 0.0746. The van der Waals surface area contributed by atoms with Crippen molar-refractivity contribution in [1.82, 2.24) is 9.88 Å². The third-order valence-corrected chi connectivity index (χ3v) is 4.39. The Kier molecular flexibility index (Phi) is 4.61. The normalized spacial score (nSPS) is 14.9. The largest absolute Gasteiger partial charge is 0.353 e. The summed E-state index contributed by atoms with van der Waals surface area (Å²) < 4.78 is 14.2. The number of benzene rings is 1. The van der Waals surface area contributed by atoms with Crippen LogP contribution in [0.2, 0.25) is 0 Å². The third kappa shape index (κ3) is 3.52. The molecule has 1 aromatic heterocycles. The molecule has 1 saturated heterocycles. The van der Waals surface area contributed by atoms with E-state index in [2.05, 4.69) is 25.8 Å². The molecular formula is C17H17BrFN3O. The number of amides is 1. The van der Waals surface area contributed by atoms with Crippen molar-refractivity contribution in [3.63, 3.8) is 0 Å². The summed E-state index contributed by atoms with van der Waals surface area (Å²) in [5.74, 6) is 0.444. The molecule has 0 saturated carbocycles. The molecule has 120 valence electrons. The number of piperazine rings is 1. The van der Waals surface area contributed by atoms with Crippen molar-refractivity contribution in [2.24, 2.45) is 0 Å². The van der Waals surface area contributed by atoms with Crippen LogP contribution in [0.5, 0.6) is 0 Å². The first-order chi connectivity index (χ1) is 11.0. The average Bonchev–Trinajstić information content (AvgIpc) is 2.54. The highest BCUT2D eigenvalue weighted by molar-refractivity contribution is 9.10. The van der Waals surface area contributed by atoms with Gasteiger partial charge in [0, 0.05) is 42.4 Å². The average molecular weight is 378 g/mol. The number of aryl methyl sites for hydroxylation is 1. The van der Waals surface area contributed by atoms with Gasteiger partial charge in [-0.1, -0.05) is 6.07 Å². The highest BCUT2D eigenvalue weighted by atomic mass is 79.9. The van der Waals surface area contributed by atoms with Gasteiger partial charge in [-0.2, -0.15) is 0 Å². The standard InChI is InChI=1S/C17H17BrFN3O/c1-12-9-14(18)11-20-16(12)21-5-7-22(8-6-21)17(23)13-3-2-4-15(19)10-13/h2-4,9-11H,5-8H2,1H3. The van der Waals surface area contributed by atoms with Gasteiger partial charge >= 0.3 is 0 Å². The van der Waals surface area contributed by atoms with Crippen LogP contribution in [0.1, 0.15) is 15.9 Å². The highest BCUT2D eigenvalue weighted by Gasteiger charge is 2.23. The van der Waals surface area contributed by atoms with Crippen molar-refractivity contribution >= 4 is 27.7 Å². The lowest BCUT2D eigenvalue weighted by Crippen LogP contribution is -2.49. The molecule has 1 fully saturated rings. The second-order valence-electron chi connectivity index (χ2n) is 5.58. The molecule has 0 atom stereocenters. The van der Waals surface area contributed by atoms with Gasteiger partial charge in [0.1, 0.15) is 11.6 Å². The van der Waals surface area contributed by atoms with Crippen molar-refractivity contribution < 1.29 is 9.18 Å². The van der Waals surface area contributed by atoms with Gasteiger partial charge in [-0.05, 0) is 52.7 Å². The van der Waals surface area contributed by atoms with E-state index >= 15 is 0 Å². The summed E-state index contributed by atoms with van der Waals surface area (Å²) in [6.07, 6.45) is 1.78. The van der Waals surface area contributed by atoms with Crippen molar-refractivity contribution in [2.75, 3.05) is 31.1 Å². The van der Waals surface area contributed by atoms with Gasteiger partial charge in [0.2, 0.25) is 0 Å². The molecule has 3 rings (SSSR count). The summed E-state index contributed by atoms with van der Waals surface area (Å²) in [6, 6.07) is 7.88. The van der Waals surface area contributed by atoms with E-state index in [-0.39, 0.29) is 11.7 Å². The van der Waals surface area contributed by atoms with Crippen LogP contribution in [0.4, 0.5) is 10.2 Å². The molecule has 0 bridgehead atoms. The van der Waals surface area contributed by atoms with Crippen LogP contribution >= 0.6 is 15.9 Å². The molecule has 0 N–H and O–H groups in total. The van der Waals surface area contributed by atoms with Crippen molar-refractivity contribution in [2.45, 2.75) is 6.92 Å². The Morgan fingerprint density at radius 2 is 1.96 bits per heavy atom. The van der Waals surface area contributed by atoms with E-state index in [1.54, 1.807) is 23.2 Å². The molecule has 2 aromatic rings. The number of halogens is 2. The molecule has 1 aliphatic heterocycles. The molecule has 0 unspecified atom stereocenters. The van der Waals surface area contributed by atoms with E-state index in [0.29, 0.717) is 18.7 Å². The van der Waals surface area contributed by atoms with Crippen molar-refractivity contribution in [3.8, 4) is 0 Å². The fourth-order valence-electron chi connectivity index (χ4n) is 2.79. The topological polar surface area (TPSA) is 36.4 Å². The first-order valence-electron chi connectivity index (χ1n) is 7.46. The van der Waals surface area contributed by atoms with Gasteiger partial charge in [-0.3, -0.25) is 4.79 Å². The first kappa shape index (κ1) is 15.9. The Morgan fingerprint density at radius 3 is 2.61 bits per heavy atom. The molecule has 1 aromatic carbocycles. The van der Waals surface area contributed by atoms with Crippen LogP contribution in [0, 0.1) is 12.7 Å². The minimum atomic E-state index is -0.385. The minimum absolute atomic E-state index is 0.121. The van der Waals surface area contributed by atoms with Crippen molar-refractivity contribution in [1.29, 1.82) is 0 Å².